The fourth-order valence-electron chi connectivity index (χ4n) is 4.81. The number of ether oxygens (including phenoxy) is 1. The van der Waals surface area contributed by atoms with Gasteiger partial charge in [0.05, 0.1) is 24.0 Å². The van der Waals surface area contributed by atoms with Crippen molar-refractivity contribution >= 4 is 34.0 Å². The van der Waals surface area contributed by atoms with E-state index in [2.05, 4.69) is 33.4 Å². The fraction of sp³-hybridized carbons (Fsp3) is 0.444. The van der Waals surface area contributed by atoms with E-state index in [-0.39, 0.29) is 5.13 Å². The van der Waals surface area contributed by atoms with Crippen LogP contribution in [0.3, 0.4) is 0 Å². The van der Waals surface area contributed by atoms with E-state index in [1.807, 2.05) is 30.3 Å². The summed E-state index contributed by atoms with van der Waals surface area (Å²) in [4.78, 5) is 18.5. The number of hydrogen-bond acceptors (Lipinski definition) is 7. The zero-order valence-corrected chi connectivity index (χ0v) is 22.0. The zero-order valence-electron chi connectivity index (χ0n) is 21.1. The van der Waals surface area contributed by atoms with Crippen molar-refractivity contribution in [1.29, 1.82) is 0 Å². The molecule has 0 amide bonds. The molecule has 2 aromatic carbocycles. The zero-order chi connectivity index (χ0) is 26.6. The van der Waals surface area contributed by atoms with Crippen LogP contribution in [0.4, 0.5) is 29.7 Å². The monoisotopic (exact) mass is 532 g/mol. The highest BCUT2D eigenvalue weighted by molar-refractivity contribution is 7.09. The lowest BCUT2D eigenvalue weighted by molar-refractivity contribution is -0.144. The fourth-order valence-corrected chi connectivity index (χ4v) is 5.41. The summed E-state index contributed by atoms with van der Waals surface area (Å²) in [5.41, 5.74) is 3.33. The molecule has 0 unspecified atom stereocenters. The summed E-state index contributed by atoms with van der Waals surface area (Å²) in [5, 5.41) is 3.17. The van der Waals surface area contributed by atoms with Crippen LogP contribution in [0.5, 0.6) is 0 Å². The molecule has 3 aromatic rings. The number of rotatable bonds is 8. The first-order valence-corrected chi connectivity index (χ1v) is 13.2. The van der Waals surface area contributed by atoms with Crippen LogP contribution >= 0.6 is 11.5 Å². The lowest BCUT2D eigenvalue weighted by atomic mass is 9.92. The number of nitrogens with one attached hydrogen (secondary N) is 1. The minimum Gasteiger partial charge on any atom is -0.465 e. The second-order valence-electron chi connectivity index (χ2n) is 9.65. The third kappa shape index (κ3) is 6.41. The Kier molecular flexibility index (Phi) is 8.36. The van der Waals surface area contributed by atoms with Crippen LogP contribution in [-0.2, 0) is 10.9 Å². The van der Waals surface area contributed by atoms with Gasteiger partial charge in [0.1, 0.15) is 0 Å². The summed E-state index contributed by atoms with van der Waals surface area (Å²) in [6.07, 6.45) is 1.03. The highest BCUT2D eigenvalue weighted by Gasteiger charge is 2.36. The number of halogens is 3. The summed E-state index contributed by atoms with van der Waals surface area (Å²) in [7, 11) is 1.33. The predicted molar refractivity (Wildman–Crippen MR) is 140 cm³/mol. The van der Waals surface area contributed by atoms with Crippen molar-refractivity contribution in [3.63, 3.8) is 0 Å². The molecule has 1 fully saturated rings. The molecule has 1 aliphatic rings. The number of hydrogen-bond donors (Lipinski definition) is 1. The first kappa shape index (κ1) is 26.9. The molecule has 4 rings (SSSR count). The summed E-state index contributed by atoms with van der Waals surface area (Å²) >= 11 is 0.670. The van der Waals surface area contributed by atoms with Gasteiger partial charge in [-0.05, 0) is 48.1 Å². The van der Waals surface area contributed by atoms with Crippen LogP contribution in [-0.4, -0.2) is 35.0 Å². The van der Waals surface area contributed by atoms with Crippen LogP contribution in [0.2, 0.25) is 0 Å². The van der Waals surface area contributed by atoms with E-state index in [4.69, 9.17) is 4.74 Å². The van der Waals surface area contributed by atoms with Crippen molar-refractivity contribution in [2.75, 3.05) is 23.9 Å². The molecule has 1 N–H and O–H groups in total. The molecule has 1 aliphatic carbocycles. The van der Waals surface area contributed by atoms with Gasteiger partial charge in [0.25, 0.3) is 0 Å². The molecule has 198 valence electrons. The Morgan fingerprint density at radius 1 is 1.16 bits per heavy atom. The molecular weight excluding hydrogens is 501 g/mol. The van der Waals surface area contributed by atoms with Gasteiger partial charge in [0.2, 0.25) is 11.0 Å². The Labute approximate surface area is 219 Å². The molecule has 0 saturated heterocycles. The molecule has 0 spiro atoms. The molecular formula is C27H31F3N4O2S. The SMILES string of the molecule is COC(=O)c1ccccc1-c1ccc(N(CC(C)C)C2CCCCC2)c(Nc2nc(C(F)(F)F)ns2)c1. The second-order valence-corrected chi connectivity index (χ2v) is 10.4. The highest BCUT2D eigenvalue weighted by atomic mass is 32.1. The number of benzene rings is 2. The second kappa shape index (κ2) is 11.5. The third-order valence-corrected chi connectivity index (χ3v) is 7.08. The van der Waals surface area contributed by atoms with Crippen LogP contribution in [0.25, 0.3) is 11.1 Å². The van der Waals surface area contributed by atoms with Gasteiger partial charge in [-0.15, -0.1) is 0 Å². The van der Waals surface area contributed by atoms with Gasteiger partial charge in [0.15, 0.2) is 0 Å². The topological polar surface area (TPSA) is 67.3 Å². The minimum atomic E-state index is -4.62. The molecule has 1 heterocycles. The maximum Gasteiger partial charge on any atom is 0.452 e. The quantitative estimate of drug-likeness (QED) is 0.302. The van der Waals surface area contributed by atoms with E-state index in [1.165, 1.54) is 13.5 Å². The Bertz CT molecular complexity index is 1220. The minimum absolute atomic E-state index is 0.0557. The van der Waals surface area contributed by atoms with Gasteiger partial charge in [-0.25, -0.2) is 4.79 Å². The van der Waals surface area contributed by atoms with Gasteiger partial charge in [-0.2, -0.15) is 22.5 Å². The number of carbonyl (C=O) groups excluding carboxylic acids is 1. The van der Waals surface area contributed by atoms with Crippen LogP contribution < -0.4 is 10.2 Å². The molecule has 37 heavy (non-hydrogen) atoms. The number of esters is 1. The lowest BCUT2D eigenvalue weighted by Gasteiger charge is -2.38. The van der Waals surface area contributed by atoms with E-state index in [9.17, 15) is 18.0 Å². The normalized spacial score (nSPS) is 14.6. The number of carbonyl (C=O) groups is 1. The van der Waals surface area contributed by atoms with Gasteiger partial charge < -0.3 is 15.0 Å². The summed E-state index contributed by atoms with van der Waals surface area (Å²) in [6, 6.07) is 13.2. The average Bonchev–Trinajstić information content (AvgIpc) is 3.37. The van der Waals surface area contributed by atoms with Crippen molar-refractivity contribution in [2.45, 2.75) is 58.2 Å². The molecule has 0 radical (unpaired) electrons. The molecule has 1 saturated carbocycles. The molecule has 0 bridgehead atoms. The van der Waals surface area contributed by atoms with Gasteiger partial charge >= 0.3 is 12.1 Å². The number of nitrogens with zero attached hydrogens (tertiary/aromatic N) is 3. The van der Waals surface area contributed by atoms with Gasteiger partial charge in [-0.3, -0.25) is 0 Å². The van der Waals surface area contributed by atoms with Crippen molar-refractivity contribution in [3.8, 4) is 11.1 Å². The largest absolute Gasteiger partial charge is 0.465 e. The Morgan fingerprint density at radius 3 is 2.54 bits per heavy atom. The number of alkyl halides is 3. The average molecular weight is 533 g/mol. The van der Waals surface area contributed by atoms with E-state index in [1.54, 1.807) is 12.1 Å². The van der Waals surface area contributed by atoms with Crippen LogP contribution in [0.15, 0.2) is 42.5 Å². The molecule has 1 aromatic heterocycles. The lowest BCUT2D eigenvalue weighted by Crippen LogP contribution is -2.39. The standard InChI is InChI=1S/C27H31F3N4O2S/c1-17(2)16-34(19-9-5-4-6-10-19)23-14-13-18(20-11-7-8-12-21(20)24(35)36-3)15-22(23)31-26-32-25(33-37-26)27(28,29)30/h7-8,11-15,17,19H,4-6,9-10,16H2,1-3H3,(H,31,32,33). The number of methoxy groups -OCH3 is 1. The Morgan fingerprint density at radius 2 is 1.89 bits per heavy atom. The smallest absolute Gasteiger partial charge is 0.452 e. The van der Waals surface area contributed by atoms with Gasteiger partial charge in [-0.1, -0.05) is 57.4 Å². The molecule has 0 aliphatic heterocycles. The maximum atomic E-state index is 13.2. The molecule has 10 heteroatoms. The van der Waals surface area contributed by atoms with E-state index >= 15 is 0 Å². The first-order chi connectivity index (χ1) is 17.7. The molecule has 0 atom stereocenters. The number of aromatic nitrogens is 2. The first-order valence-electron chi connectivity index (χ1n) is 12.4. The molecule has 6 nitrogen and oxygen atoms in total. The van der Waals surface area contributed by atoms with E-state index < -0.39 is 18.0 Å². The van der Waals surface area contributed by atoms with Crippen LogP contribution in [0, 0.1) is 5.92 Å². The Hall–Kier alpha value is -3.14. The maximum absolute atomic E-state index is 13.2. The summed E-state index contributed by atoms with van der Waals surface area (Å²) in [5.74, 6) is -1.25. The van der Waals surface area contributed by atoms with Crippen molar-refractivity contribution < 1.29 is 22.7 Å². The number of anilines is 3. The van der Waals surface area contributed by atoms with E-state index in [0.717, 1.165) is 43.5 Å². The Balaban J connectivity index is 1.81. The van der Waals surface area contributed by atoms with Crippen molar-refractivity contribution in [2.24, 2.45) is 5.92 Å². The van der Waals surface area contributed by atoms with E-state index in [0.29, 0.717) is 40.3 Å². The van der Waals surface area contributed by atoms with Gasteiger partial charge in [0, 0.05) is 24.1 Å². The summed E-state index contributed by atoms with van der Waals surface area (Å²) < 4.78 is 48.0. The highest BCUT2D eigenvalue weighted by Crippen LogP contribution is 2.39. The summed E-state index contributed by atoms with van der Waals surface area (Å²) in [6.45, 7) is 5.12. The third-order valence-electron chi connectivity index (χ3n) is 6.45. The van der Waals surface area contributed by atoms with Crippen LogP contribution in [0.1, 0.15) is 62.1 Å². The van der Waals surface area contributed by atoms with Crippen molar-refractivity contribution in [1.82, 2.24) is 9.36 Å². The predicted octanol–water partition coefficient (Wildman–Crippen LogP) is 7.55. The van der Waals surface area contributed by atoms with Crippen molar-refractivity contribution in [3.05, 3.63) is 53.9 Å².